The highest BCUT2D eigenvalue weighted by atomic mass is 35.5. The van der Waals surface area contributed by atoms with Crippen LogP contribution in [0, 0.1) is 5.41 Å². The molecule has 4 heteroatoms. The highest BCUT2D eigenvalue weighted by molar-refractivity contribution is 6.42. The summed E-state index contributed by atoms with van der Waals surface area (Å²) in [5.41, 5.74) is 0.578. The van der Waals surface area contributed by atoms with E-state index in [2.05, 4.69) is 4.99 Å². The lowest BCUT2D eigenvalue weighted by Gasteiger charge is -1.94. The molecule has 0 unspecified atom stereocenters. The lowest BCUT2D eigenvalue weighted by atomic mass is 10.3. The lowest BCUT2D eigenvalue weighted by molar-refractivity contribution is 1.49. The van der Waals surface area contributed by atoms with Crippen molar-refractivity contribution in [1.29, 1.82) is 5.41 Å². The predicted molar refractivity (Wildman–Crippen MR) is 46.3 cm³/mol. The molecule has 0 aromatic heterocycles. The van der Waals surface area contributed by atoms with Crippen molar-refractivity contribution in [3.05, 3.63) is 28.2 Å². The number of rotatable bonds is 1. The van der Waals surface area contributed by atoms with Crippen molar-refractivity contribution in [1.82, 2.24) is 0 Å². The zero-order valence-electron chi connectivity index (χ0n) is 5.44. The van der Waals surface area contributed by atoms with Gasteiger partial charge in [-0.15, -0.1) is 0 Å². The van der Waals surface area contributed by atoms with Gasteiger partial charge < -0.3 is 0 Å². The predicted octanol–water partition coefficient (Wildman–Crippen LogP) is 3.38. The smallest absolute Gasteiger partial charge is 0.0918 e. The maximum atomic E-state index is 6.57. The van der Waals surface area contributed by atoms with Crippen LogP contribution in [-0.2, 0) is 0 Å². The molecule has 0 radical (unpaired) electrons. The first-order chi connectivity index (χ1) is 5.24. The highest BCUT2D eigenvalue weighted by Gasteiger charge is 1.96. The first-order valence-electron chi connectivity index (χ1n) is 2.81. The summed E-state index contributed by atoms with van der Waals surface area (Å²) in [6.45, 7) is 0. The Bertz CT molecular complexity index is 316. The van der Waals surface area contributed by atoms with E-state index in [0.717, 1.165) is 0 Å². The summed E-state index contributed by atoms with van der Waals surface area (Å²) >= 11 is 11.3. The Kier molecular flexibility index (Phi) is 2.66. The minimum absolute atomic E-state index is 0.433. The molecule has 0 aliphatic heterocycles. The standard InChI is InChI=1S/C7H4Cl2N2/c8-6-2-1-5(11-4-10)3-7(6)9/h1-3,10H. The van der Waals surface area contributed by atoms with Crippen LogP contribution in [0.15, 0.2) is 23.2 Å². The van der Waals surface area contributed by atoms with E-state index in [1.54, 1.807) is 18.2 Å². The normalized spacial score (nSPS) is 8.91. The Morgan fingerprint density at radius 1 is 1.27 bits per heavy atom. The van der Waals surface area contributed by atoms with Crippen molar-refractivity contribution in [3.8, 4) is 0 Å². The van der Waals surface area contributed by atoms with E-state index < -0.39 is 0 Å². The SMILES string of the molecule is N=C=Nc1ccc(Cl)c(Cl)c1. The van der Waals surface area contributed by atoms with Crippen LogP contribution in [0.3, 0.4) is 0 Å². The molecule has 0 aliphatic rings. The maximum absolute atomic E-state index is 6.57. The van der Waals surface area contributed by atoms with Gasteiger partial charge in [-0.3, -0.25) is 0 Å². The van der Waals surface area contributed by atoms with E-state index in [9.17, 15) is 0 Å². The van der Waals surface area contributed by atoms with E-state index in [4.69, 9.17) is 28.6 Å². The molecule has 1 N–H and O–H groups in total. The molecule has 0 spiro atoms. The number of benzene rings is 1. The summed E-state index contributed by atoms with van der Waals surface area (Å²) in [7, 11) is 0. The molecule has 56 valence electrons. The van der Waals surface area contributed by atoms with Crippen LogP contribution in [0.1, 0.15) is 0 Å². The summed E-state index contributed by atoms with van der Waals surface area (Å²) in [6.07, 6.45) is 0. The van der Waals surface area contributed by atoms with Gasteiger partial charge in [-0.2, -0.15) is 4.99 Å². The monoisotopic (exact) mass is 186 g/mol. The summed E-state index contributed by atoms with van der Waals surface area (Å²) in [6, 6.07) is 6.77. The molecule has 0 fully saturated rings. The maximum Gasteiger partial charge on any atom is 0.0918 e. The molecule has 1 aromatic carbocycles. The fourth-order valence-electron chi connectivity index (χ4n) is 0.619. The Morgan fingerprint density at radius 3 is 2.55 bits per heavy atom. The van der Waals surface area contributed by atoms with Gasteiger partial charge in [0.15, 0.2) is 0 Å². The van der Waals surface area contributed by atoms with Crippen LogP contribution >= 0.6 is 23.2 Å². The van der Waals surface area contributed by atoms with Gasteiger partial charge >= 0.3 is 0 Å². The Morgan fingerprint density at radius 2 is 2.00 bits per heavy atom. The zero-order valence-corrected chi connectivity index (χ0v) is 6.95. The van der Waals surface area contributed by atoms with Gasteiger partial charge in [0.2, 0.25) is 0 Å². The molecule has 1 rings (SSSR count). The number of aliphatic imine (C=N–C) groups is 1. The number of halogens is 2. The van der Waals surface area contributed by atoms with Gasteiger partial charge in [0.1, 0.15) is 0 Å². The summed E-state index contributed by atoms with van der Waals surface area (Å²) in [4.78, 5) is 3.58. The van der Waals surface area contributed by atoms with Gasteiger partial charge in [-0.1, -0.05) is 23.2 Å². The van der Waals surface area contributed by atoms with E-state index in [0.29, 0.717) is 15.7 Å². The molecule has 0 aliphatic carbocycles. The summed E-state index contributed by atoms with van der Waals surface area (Å²) in [5, 5.41) is 7.49. The van der Waals surface area contributed by atoms with E-state index in [1.807, 2.05) is 6.01 Å². The fourth-order valence-corrected chi connectivity index (χ4v) is 0.911. The third-order valence-corrected chi connectivity index (χ3v) is 1.83. The third-order valence-electron chi connectivity index (χ3n) is 1.09. The second-order valence-corrected chi connectivity index (χ2v) is 2.64. The fraction of sp³-hybridized carbons (Fsp3) is 0. The minimum atomic E-state index is 0.433. The first kappa shape index (κ1) is 8.28. The molecule has 1 aromatic rings. The number of nitrogens with one attached hydrogen (secondary N) is 1. The highest BCUT2D eigenvalue weighted by Crippen LogP contribution is 2.25. The van der Waals surface area contributed by atoms with Gasteiger partial charge in [-0.05, 0) is 18.2 Å². The van der Waals surface area contributed by atoms with Crippen LogP contribution in [0.25, 0.3) is 0 Å². The number of hydrogen-bond acceptors (Lipinski definition) is 2. The van der Waals surface area contributed by atoms with Gasteiger partial charge in [0.25, 0.3) is 0 Å². The summed E-state index contributed by atoms with van der Waals surface area (Å²) < 4.78 is 0. The van der Waals surface area contributed by atoms with Crippen LogP contribution in [0.5, 0.6) is 0 Å². The van der Waals surface area contributed by atoms with Gasteiger partial charge in [0.05, 0.1) is 21.7 Å². The molecular formula is C7H4Cl2N2. The largest absolute Gasteiger partial charge is 0.241 e. The average Bonchev–Trinajstić information content (AvgIpc) is 1.98. The number of nitrogens with zero attached hydrogens (tertiary/aromatic N) is 1. The molecule has 0 heterocycles. The lowest BCUT2D eigenvalue weighted by Crippen LogP contribution is -1.67. The average molecular weight is 187 g/mol. The van der Waals surface area contributed by atoms with E-state index >= 15 is 0 Å². The van der Waals surface area contributed by atoms with Crippen LogP contribution in [-0.4, -0.2) is 6.01 Å². The van der Waals surface area contributed by atoms with Crippen molar-refractivity contribution in [3.63, 3.8) is 0 Å². The first-order valence-corrected chi connectivity index (χ1v) is 3.57. The van der Waals surface area contributed by atoms with E-state index in [-0.39, 0.29) is 0 Å². The van der Waals surface area contributed by atoms with Crippen LogP contribution in [0.4, 0.5) is 5.69 Å². The van der Waals surface area contributed by atoms with Crippen molar-refractivity contribution in [2.24, 2.45) is 4.99 Å². The second-order valence-electron chi connectivity index (χ2n) is 1.82. The quantitative estimate of drug-likeness (QED) is 0.654. The minimum Gasteiger partial charge on any atom is -0.241 e. The van der Waals surface area contributed by atoms with Crippen molar-refractivity contribution < 1.29 is 0 Å². The molecule has 0 amide bonds. The molecule has 0 atom stereocenters. The van der Waals surface area contributed by atoms with Crippen LogP contribution < -0.4 is 0 Å². The molecule has 2 nitrogen and oxygen atoms in total. The van der Waals surface area contributed by atoms with Crippen LogP contribution in [0.2, 0.25) is 10.0 Å². The third kappa shape index (κ3) is 2.05. The molecular weight excluding hydrogens is 183 g/mol. The molecule has 0 saturated heterocycles. The van der Waals surface area contributed by atoms with E-state index in [1.165, 1.54) is 0 Å². The van der Waals surface area contributed by atoms with Crippen molar-refractivity contribution >= 4 is 34.9 Å². The molecule has 0 bridgehead atoms. The molecule has 0 saturated carbocycles. The van der Waals surface area contributed by atoms with Crippen molar-refractivity contribution in [2.75, 3.05) is 0 Å². The Balaban J connectivity index is 3.14. The molecule has 11 heavy (non-hydrogen) atoms. The van der Waals surface area contributed by atoms with Crippen molar-refractivity contribution in [2.45, 2.75) is 0 Å². The number of hydrogen-bond donors (Lipinski definition) is 1. The zero-order chi connectivity index (χ0) is 8.27. The topological polar surface area (TPSA) is 36.2 Å². The summed E-state index contributed by atoms with van der Waals surface area (Å²) in [5.74, 6) is 0. The Hall–Kier alpha value is -0.820. The Labute approximate surface area is 74.0 Å². The second kappa shape index (κ2) is 3.54. The van der Waals surface area contributed by atoms with Gasteiger partial charge in [-0.25, -0.2) is 5.41 Å². The van der Waals surface area contributed by atoms with Gasteiger partial charge in [0, 0.05) is 0 Å².